The van der Waals surface area contributed by atoms with Gasteiger partial charge in [-0.2, -0.15) is 0 Å². The van der Waals surface area contributed by atoms with E-state index in [0.717, 1.165) is 33.0 Å². The minimum absolute atomic E-state index is 0.142. The summed E-state index contributed by atoms with van der Waals surface area (Å²) in [5.41, 5.74) is 4.91. The van der Waals surface area contributed by atoms with Crippen LogP contribution in [0.2, 0.25) is 5.32 Å². The fourth-order valence-corrected chi connectivity index (χ4v) is 6.71. The van der Waals surface area contributed by atoms with Gasteiger partial charge in [0.05, 0.1) is 0 Å². The Hall–Kier alpha value is -2.68. The number of carbonyl (C=O) groups excluding carboxylic acids is 1. The third-order valence-corrected chi connectivity index (χ3v) is 8.74. The van der Waals surface area contributed by atoms with Crippen molar-refractivity contribution in [2.75, 3.05) is 0 Å². The molecular weight excluding hydrogens is 452 g/mol. The Bertz CT molecular complexity index is 1080. The van der Waals surface area contributed by atoms with Crippen LogP contribution in [-0.2, 0) is 16.7 Å². The first-order chi connectivity index (χ1) is 15.0. The summed E-state index contributed by atoms with van der Waals surface area (Å²) in [6, 6.07) is 27.0. The van der Waals surface area contributed by atoms with Gasteiger partial charge in [-0.15, -0.1) is 0 Å². The van der Waals surface area contributed by atoms with Gasteiger partial charge in [0.1, 0.15) is 0 Å². The third-order valence-electron chi connectivity index (χ3n) is 5.97. The molecule has 1 aliphatic heterocycles. The first-order valence-electron chi connectivity index (χ1n) is 10.4. The monoisotopic (exact) mass is 479 g/mol. The van der Waals surface area contributed by atoms with E-state index in [0.29, 0.717) is 21.5 Å². The predicted molar refractivity (Wildman–Crippen MR) is 125 cm³/mol. The van der Waals surface area contributed by atoms with Gasteiger partial charge in [0.15, 0.2) is 0 Å². The van der Waals surface area contributed by atoms with E-state index in [1.807, 2.05) is 29.2 Å². The summed E-state index contributed by atoms with van der Waals surface area (Å²) in [6.45, 7) is 4.64. The summed E-state index contributed by atoms with van der Waals surface area (Å²) in [4.78, 5) is 15.7. The van der Waals surface area contributed by atoms with Gasteiger partial charge in [0.25, 0.3) is 0 Å². The number of carbonyl (C=O) groups is 1. The zero-order chi connectivity index (χ0) is 21.8. The molecule has 4 heteroatoms. The zero-order valence-electron chi connectivity index (χ0n) is 17.8. The second-order valence-electron chi connectivity index (χ2n) is 8.17. The second kappa shape index (κ2) is 9.21. The minimum atomic E-state index is -0.514. The summed E-state index contributed by atoms with van der Waals surface area (Å²) < 4.78 is 13.4. The molecule has 0 radical (unpaired) electrons. The molecule has 0 saturated heterocycles. The zero-order valence-corrected chi connectivity index (χ0v) is 19.6. The third kappa shape index (κ3) is 4.51. The van der Waals surface area contributed by atoms with Gasteiger partial charge >= 0.3 is 190 Å². The topological polar surface area (TPSA) is 20.3 Å². The molecule has 1 heterocycles. The maximum absolute atomic E-state index is 13.8. The van der Waals surface area contributed by atoms with E-state index in [1.165, 1.54) is 17.7 Å². The van der Waals surface area contributed by atoms with Crippen molar-refractivity contribution in [1.82, 2.24) is 4.90 Å². The Kier molecular flexibility index (Phi) is 6.40. The van der Waals surface area contributed by atoms with E-state index in [1.54, 1.807) is 12.1 Å². The number of benzene rings is 3. The molecule has 0 fully saturated rings. The van der Waals surface area contributed by atoms with E-state index in [4.69, 9.17) is 0 Å². The molecule has 1 amide bonds. The molecule has 0 aromatic heterocycles. The van der Waals surface area contributed by atoms with Crippen molar-refractivity contribution < 1.29 is 9.18 Å². The van der Waals surface area contributed by atoms with E-state index in [2.05, 4.69) is 50.2 Å². The van der Waals surface area contributed by atoms with Crippen LogP contribution in [-0.4, -0.2) is 25.8 Å². The molecule has 0 bridgehead atoms. The Morgan fingerprint density at radius 3 is 2.13 bits per heavy atom. The molecule has 1 unspecified atom stereocenters. The fraction of sp³-hybridized carbons (Fsp3) is 0.222. The quantitative estimate of drug-likeness (QED) is 0.386. The van der Waals surface area contributed by atoms with Crippen LogP contribution < -0.4 is 0 Å². The summed E-state index contributed by atoms with van der Waals surface area (Å²) in [5, 5.41) is 1.87. The van der Waals surface area contributed by atoms with Crippen LogP contribution in [0.25, 0.3) is 5.70 Å². The van der Waals surface area contributed by atoms with Gasteiger partial charge in [-0.1, -0.05) is 0 Å². The molecule has 0 saturated carbocycles. The summed E-state index contributed by atoms with van der Waals surface area (Å²) >= 11 is 0.306. The SMILES string of the molecule is CC1=C(c2ccccc2)N(Cc2ccc(F)cc2)C(=O)C1(C)C[Se]Cc1ccccc1. The van der Waals surface area contributed by atoms with Gasteiger partial charge in [-0.3, -0.25) is 0 Å². The number of amides is 1. The molecule has 0 aliphatic carbocycles. The standard InChI is InChI=1S/C27H26FNOSe/c1-20-25(23-11-7-4-8-12-23)29(17-21-13-15-24(28)16-14-21)26(30)27(20,2)19-31-18-22-9-5-3-6-10-22/h3-16H,17-19H2,1-2H3. The molecule has 31 heavy (non-hydrogen) atoms. The van der Waals surface area contributed by atoms with Gasteiger partial charge in [0.2, 0.25) is 0 Å². The van der Waals surface area contributed by atoms with Crippen molar-refractivity contribution >= 4 is 26.6 Å². The number of hydrogen-bond donors (Lipinski definition) is 0. The second-order valence-corrected chi connectivity index (χ2v) is 10.2. The molecule has 0 spiro atoms. The first-order valence-corrected chi connectivity index (χ1v) is 12.9. The molecule has 1 atom stereocenters. The number of nitrogens with zero attached hydrogens (tertiary/aromatic N) is 1. The van der Waals surface area contributed by atoms with Crippen LogP contribution in [0.5, 0.6) is 0 Å². The number of hydrogen-bond acceptors (Lipinski definition) is 1. The van der Waals surface area contributed by atoms with Crippen LogP contribution in [0.3, 0.4) is 0 Å². The molecule has 2 nitrogen and oxygen atoms in total. The van der Waals surface area contributed by atoms with Crippen LogP contribution in [0.4, 0.5) is 4.39 Å². The molecule has 158 valence electrons. The predicted octanol–water partition coefficient (Wildman–Crippen LogP) is 5.93. The van der Waals surface area contributed by atoms with Crippen molar-refractivity contribution in [2.45, 2.75) is 31.0 Å². The fourth-order valence-electron chi connectivity index (χ4n) is 4.03. The van der Waals surface area contributed by atoms with Gasteiger partial charge in [-0.25, -0.2) is 0 Å². The van der Waals surface area contributed by atoms with Crippen molar-refractivity contribution in [3.8, 4) is 0 Å². The van der Waals surface area contributed by atoms with Gasteiger partial charge in [-0.05, 0) is 0 Å². The average molecular weight is 478 g/mol. The molecule has 4 rings (SSSR count). The summed E-state index contributed by atoms with van der Waals surface area (Å²) in [5.74, 6) is -0.122. The van der Waals surface area contributed by atoms with Crippen LogP contribution >= 0.6 is 0 Å². The Morgan fingerprint density at radius 2 is 1.48 bits per heavy atom. The van der Waals surface area contributed by atoms with E-state index in [9.17, 15) is 9.18 Å². The molecule has 1 aliphatic rings. The first kappa shape index (κ1) is 21.5. The Balaban J connectivity index is 1.63. The average Bonchev–Trinajstić information content (AvgIpc) is 2.97. The van der Waals surface area contributed by atoms with Crippen molar-refractivity contribution in [3.05, 3.63) is 113 Å². The van der Waals surface area contributed by atoms with Crippen LogP contribution in [0.1, 0.15) is 30.5 Å². The normalized spacial score (nSPS) is 18.7. The van der Waals surface area contributed by atoms with E-state index >= 15 is 0 Å². The van der Waals surface area contributed by atoms with E-state index in [-0.39, 0.29) is 11.7 Å². The molecular formula is C27H26FNOSe. The maximum atomic E-state index is 13.8. The molecule has 3 aromatic carbocycles. The van der Waals surface area contributed by atoms with Crippen molar-refractivity contribution in [3.63, 3.8) is 0 Å². The Labute approximate surface area is 190 Å². The van der Waals surface area contributed by atoms with Crippen LogP contribution in [0.15, 0.2) is 90.5 Å². The summed E-state index contributed by atoms with van der Waals surface area (Å²) in [6.07, 6.45) is 0. The summed E-state index contributed by atoms with van der Waals surface area (Å²) in [7, 11) is 0. The Morgan fingerprint density at radius 1 is 0.871 bits per heavy atom. The molecule has 0 N–H and O–H groups in total. The van der Waals surface area contributed by atoms with Crippen molar-refractivity contribution in [2.24, 2.45) is 5.41 Å². The van der Waals surface area contributed by atoms with Gasteiger partial charge < -0.3 is 0 Å². The van der Waals surface area contributed by atoms with E-state index < -0.39 is 5.41 Å². The number of rotatable bonds is 7. The van der Waals surface area contributed by atoms with Gasteiger partial charge in [0, 0.05) is 0 Å². The number of halogens is 1. The van der Waals surface area contributed by atoms with Crippen molar-refractivity contribution in [1.29, 1.82) is 0 Å². The van der Waals surface area contributed by atoms with Crippen LogP contribution in [0, 0.1) is 11.2 Å². The molecule has 3 aromatic rings.